The Balaban J connectivity index is 1.44. The van der Waals surface area contributed by atoms with Crippen molar-refractivity contribution in [2.75, 3.05) is 38.5 Å². The Bertz CT molecular complexity index is 1370. The van der Waals surface area contributed by atoms with E-state index in [4.69, 9.17) is 29.7 Å². The molecule has 1 aliphatic rings. The molecule has 0 saturated heterocycles. The fourth-order valence-electron chi connectivity index (χ4n) is 3.63. The molecule has 1 aliphatic heterocycles. The molecule has 168 valence electrons. The fraction of sp³-hybridized carbons (Fsp3) is 0.167. The third-order valence-electron chi connectivity index (χ3n) is 5.28. The van der Waals surface area contributed by atoms with E-state index in [1.807, 2.05) is 30.3 Å². The molecule has 9 heteroatoms. The second kappa shape index (κ2) is 8.51. The van der Waals surface area contributed by atoms with Crippen molar-refractivity contribution in [1.29, 1.82) is 0 Å². The molecule has 0 fully saturated rings. The lowest BCUT2D eigenvalue weighted by Gasteiger charge is -2.18. The highest BCUT2D eigenvalue weighted by Crippen LogP contribution is 2.37. The van der Waals surface area contributed by atoms with E-state index in [-0.39, 0.29) is 5.91 Å². The van der Waals surface area contributed by atoms with E-state index in [1.165, 1.54) is 11.3 Å². The molecule has 2 aromatic heterocycles. The van der Waals surface area contributed by atoms with Crippen LogP contribution in [0.2, 0.25) is 0 Å². The molecule has 0 bridgehead atoms. The summed E-state index contributed by atoms with van der Waals surface area (Å²) < 4.78 is 21.8. The highest BCUT2D eigenvalue weighted by Gasteiger charge is 2.20. The van der Waals surface area contributed by atoms with Crippen LogP contribution in [0.5, 0.6) is 23.0 Å². The number of nitrogens with two attached hydrogens (primary N) is 1. The quantitative estimate of drug-likeness (QED) is 0.446. The molecule has 0 saturated carbocycles. The lowest BCUT2D eigenvalue weighted by atomic mass is 10.1. The van der Waals surface area contributed by atoms with Crippen molar-refractivity contribution in [3.63, 3.8) is 0 Å². The largest absolute Gasteiger partial charge is 0.493 e. The van der Waals surface area contributed by atoms with Crippen molar-refractivity contribution in [3.05, 3.63) is 53.4 Å². The van der Waals surface area contributed by atoms with Gasteiger partial charge in [0.1, 0.15) is 22.9 Å². The van der Waals surface area contributed by atoms with E-state index >= 15 is 0 Å². The van der Waals surface area contributed by atoms with Gasteiger partial charge in [0.2, 0.25) is 0 Å². The first-order chi connectivity index (χ1) is 16.1. The minimum absolute atomic E-state index is 0.306. The number of pyridine rings is 1. The molecular formula is C24H21N3O5S. The second-order valence-electron chi connectivity index (χ2n) is 7.28. The van der Waals surface area contributed by atoms with Crippen LogP contribution in [0.15, 0.2) is 48.5 Å². The van der Waals surface area contributed by atoms with Gasteiger partial charge in [-0.25, -0.2) is 4.98 Å². The third-order valence-corrected chi connectivity index (χ3v) is 6.39. The summed E-state index contributed by atoms with van der Waals surface area (Å²) in [6.45, 7) is 0.983. The van der Waals surface area contributed by atoms with Gasteiger partial charge < -0.3 is 30.0 Å². The van der Waals surface area contributed by atoms with Crippen LogP contribution >= 0.6 is 11.3 Å². The molecule has 0 atom stereocenters. The standard InChI is InChI=1S/C24H21N3O5S/c1-29-17-7-3-13(11-19(17)30-2)16-6-5-15-21(25)22(33-24(15)27-16)23(28)26-14-4-8-18-20(12-14)32-10-9-31-18/h3-8,11-12H,9-10,25H2,1-2H3,(H,26,28). The number of carbonyl (C=O) groups excluding carboxylic acids is 1. The Morgan fingerprint density at radius 2 is 1.79 bits per heavy atom. The van der Waals surface area contributed by atoms with Crippen LogP contribution in [0.25, 0.3) is 21.5 Å². The minimum atomic E-state index is -0.306. The monoisotopic (exact) mass is 463 g/mol. The van der Waals surface area contributed by atoms with Crippen molar-refractivity contribution in [2.45, 2.75) is 0 Å². The third kappa shape index (κ3) is 3.87. The molecule has 3 N–H and O–H groups in total. The number of carbonyl (C=O) groups is 1. The molecule has 3 heterocycles. The van der Waals surface area contributed by atoms with Crippen LogP contribution in [0.3, 0.4) is 0 Å². The van der Waals surface area contributed by atoms with Gasteiger partial charge in [-0.1, -0.05) is 0 Å². The van der Waals surface area contributed by atoms with Crippen molar-refractivity contribution >= 4 is 38.8 Å². The maximum atomic E-state index is 13.0. The molecule has 8 nitrogen and oxygen atoms in total. The average Bonchev–Trinajstić information content (AvgIpc) is 3.19. The number of rotatable bonds is 5. The Labute approximate surface area is 193 Å². The van der Waals surface area contributed by atoms with E-state index < -0.39 is 0 Å². The van der Waals surface area contributed by atoms with E-state index in [1.54, 1.807) is 32.4 Å². The number of benzene rings is 2. The molecule has 0 radical (unpaired) electrons. The predicted octanol–water partition coefficient (Wildman–Crippen LogP) is 4.59. The Morgan fingerprint density at radius 1 is 1.00 bits per heavy atom. The van der Waals surface area contributed by atoms with E-state index in [0.717, 1.165) is 16.6 Å². The topological polar surface area (TPSA) is 105 Å². The summed E-state index contributed by atoms with van der Waals surface area (Å²) in [6.07, 6.45) is 0. The molecule has 0 spiro atoms. The Morgan fingerprint density at radius 3 is 2.58 bits per heavy atom. The van der Waals surface area contributed by atoms with Crippen LogP contribution in [0.4, 0.5) is 11.4 Å². The first kappa shape index (κ1) is 20.9. The van der Waals surface area contributed by atoms with Gasteiger partial charge in [-0.3, -0.25) is 4.79 Å². The molecule has 4 aromatic rings. The zero-order chi connectivity index (χ0) is 22.9. The van der Waals surface area contributed by atoms with Crippen molar-refractivity contribution in [1.82, 2.24) is 4.98 Å². The molecule has 1 amide bonds. The zero-order valence-electron chi connectivity index (χ0n) is 18.0. The zero-order valence-corrected chi connectivity index (χ0v) is 18.8. The lowest BCUT2D eigenvalue weighted by Crippen LogP contribution is -2.16. The molecule has 0 unspecified atom stereocenters. The van der Waals surface area contributed by atoms with Gasteiger partial charge in [0.05, 0.1) is 25.6 Å². The van der Waals surface area contributed by atoms with Crippen molar-refractivity contribution in [2.24, 2.45) is 0 Å². The normalized spacial score (nSPS) is 12.4. The molecule has 33 heavy (non-hydrogen) atoms. The number of aromatic nitrogens is 1. The summed E-state index contributed by atoms with van der Waals surface area (Å²) in [6, 6.07) is 14.6. The predicted molar refractivity (Wildman–Crippen MR) is 128 cm³/mol. The van der Waals surface area contributed by atoms with Crippen LogP contribution < -0.4 is 30.0 Å². The lowest BCUT2D eigenvalue weighted by molar-refractivity contribution is 0.103. The highest BCUT2D eigenvalue weighted by atomic mass is 32.1. The average molecular weight is 464 g/mol. The molecular weight excluding hydrogens is 442 g/mol. The number of amides is 1. The number of hydrogen-bond acceptors (Lipinski definition) is 8. The number of nitrogen functional groups attached to an aromatic ring is 1. The number of anilines is 2. The second-order valence-corrected chi connectivity index (χ2v) is 8.28. The van der Waals surface area contributed by atoms with E-state index in [2.05, 4.69) is 5.32 Å². The molecule has 5 rings (SSSR count). The van der Waals surface area contributed by atoms with E-state index in [9.17, 15) is 4.79 Å². The number of thiophene rings is 1. The smallest absolute Gasteiger partial charge is 0.267 e. The maximum Gasteiger partial charge on any atom is 0.267 e. The van der Waals surface area contributed by atoms with Gasteiger partial charge in [-0.2, -0.15) is 0 Å². The summed E-state index contributed by atoms with van der Waals surface area (Å²) in [5.74, 6) is 2.21. The van der Waals surface area contributed by atoms with Crippen LogP contribution in [0, 0.1) is 0 Å². The summed E-state index contributed by atoms with van der Waals surface area (Å²) in [7, 11) is 3.18. The molecule has 0 aliphatic carbocycles. The highest BCUT2D eigenvalue weighted by molar-refractivity contribution is 7.21. The maximum absolute atomic E-state index is 13.0. The van der Waals surface area contributed by atoms with Gasteiger partial charge in [0, 0.05) is 22.7 Å². The number of hydrogen-bond donors (Lipinski definition) is 2. The first-order valence-electron chi connectivity index (χ1n) is 10.2. The fourth-order valence-corrected chi connectivity index (χ4v) is 4.62. The van der Waals surface area contributed by atoms with Crippen LogP contribution in [-0.2, 0) is 0 Å². The van der Waals surface area contributed by atoms with Gasteiger partial charge in [0.15, 0.2) is 23.0 Å². The van der Waals surface area contributed by atoms with Gasteiger partial charge in [0.25, 0.3) is 5.91 Å². The number of nitrogens with zero attached hydrogens (tertiary/aromatic N) is 1. The number of methoxy groups -OCH3 is 2. The van der Waals surface area contributed by atoms with E-state index in [0.29, 0.717) is 57.3 Å². The van der Waals surface area contributed by atoms with Crippen LogP contribution in [0.1, 0.15) is 9.67 Å². The van der Waals surface area contributed by atoms with Gasteiger partial charge in [-0.15, -0.1) is 11.3 Å². The number of ether oxygens (including phenoxy) is 4. The SMILES string of the molecule is COc1ccc(-c2ccc3c(N)c(C(=O)Nc4ccc5c(c4)OCCO5)sc3n2)cc1OC. The Hall–Kier alpha value is -3.98. The summed E-state index contributed by atoms with van der Waals surface area (Å²) in [5.41, 5.74) is 8.91. The number of nitrogens with one attached hydrogen (secondary N) is 1. The first-order valence-corrected chi connectivity index (χ1v) is 11.0. The minimum Gasteiger partial charge on any atom is -0.493 e. The van der Waals surface area contributed by atoms with Gasteiger partial charge in [-0.05, 0) is 42.5 Å². The summed E-state index contributed by atoms with van der Waals surface area (Å²) >= 11 is 1.25. The summed E-state index contributed by atoms with van der Waals surface area (Å²) in [5, 5.41) is 3.61. The Kier molecular flexibility index (Phi) is 5.39. The van der Waals surface area contributed by atoms with Gasteiger partial charge >= 0.3 is 0 Å². The molecule has 2 aromatic carbocycles. The van der Waals surface area contributed by atoms with Crippen molar-refractivity contribution < 1.29 is 23.7 Å². The van der Waals surface area contributed by atoms with Crippen molar-refractivity contribution in [3.8, 4) is 34.3 Å². The number of fused-ring (bicyclic) bond motifs is 2. The van der Waals surface area contributed by atoms with Crippen LogP contribution in [-0.4, -0.2) is 38.3 Å². The summed E-state index contributed by atoms with van der Waals surface area (Å²) in [4.78, 5) is 18.8.